The molecule has 4 nitrogen and oxygen atoms in total. The summed E-state index contributed by atoms with van der Waals surface area (Å²) in [5.41, 5.74) is 2.28. The molecule has 0 saturated heterocycles. The molecule has 1 heterocycles. The van der Waals surface area contributed by atoms with Crippen LogP contribution in [0.3, 0.4) is 0 Å². The number of carbonyl (C=O) groups is 1. The zero-order chi connectivity index (χ0) is 16.1. The third kappa shape index (κ3) is 3.65. The van der Waals surface area contributed by atoms with Crippen LogP contribution in [-0.2, 0) is 11.3 Å². The van der Waals surface area contributed by atoms with E-state index in [4.69, 9.17) is 4.74 Å². The molecule has 120 valence electrons. The molecule has 0 saturated carbocycles. The molecule has 23 heavy (non-hydrogen) atoms. The quantitative estimate of drug-likeness (QED) is 0.923. The van der Waals surface area contributed by atoms with Gasteiger partial charge in [-0.2, -0.15) is 0 Å². The van der Waals surface area contributed by atoms with Gasteiger partial charge in [0.15, 0.2) is 0 Å². The second kappa shape index (κ2) is 7.18. The van der Waals surface area contributed by atoms with E-state index in [0.717, 1.165) is 18.0 Å². The van der Waals surface area contributed by atoms with E-state index in [-0.39, 0.29) is 11.9 Å². The largest absolute Gasteiger partial charge is 0.489 e. The molecule has 0 radical (unpaired) electrons. The van der Waals surface area contributed by atoms with Crippen molar-refractivity contribution in [2.24, 2.45) is 0 Å². The van der Waals surface area contributed by atoms with E-state index in [1.807, 2.05) is 43.3 Å². The van der Waals surface area contributed by atoms with Crippen molar-refractivity contribution in [3.63, 3.8) is 0 Å². The number of para-hydroxylation sites is 2. The van der Waals surface area contributed by atoms with Crippen molar-refractivity contribution in [3.8, 4) is 5.75 Å². The summed E-state index contributed by atoms with van der Waals surface area (Å²) < 4.78 is 5.86. The molecule has 3 rings (SSSR count). The first-order valence-corrected chi connectivity index (χ1v) is 8.07. The Morgan fingerprint density at radius 3 is 2.70 bits per heavy atom. The number of carbonyl (C=O) groups excluding carboxylic acids is 1. The zero-order valence-electron chi connectivity index (χ0n) is 13.4. The van der Waals surface area contributed by atoms with Crippen molar-refractivity contribution in [1.82, 2.24) is 5.32 Å². The van der Waals surface area contributed by atoms with E-state index in [0.29, 0.717) is 19.6 Å². The summed E-state index contributed by atoms with van der Waals surface area (Å²) in [5.74, 6) is 0.953. The van der Waals surface area contributed by atoms with Gasteiger partial charge in [0.1, 0.15) is 12.4 Å². The summed E-state index contributed by atoms with van der Waals surface area (Å²) in [6, 6.07) is 18.4. The summed E-state index contributed by atoms with van der Waals surface area (Å²) in [4.78, 5) is 14.3. The fourth-order valence-corrected chi connectivity index (χ4v) is 2.94. The fourth-order valence-electron chi connectivity index (χ4n) is 2.94. The van der Waals surface area contributed by atoms with Gasteiger partial charge < -0.3 is 15.0 Å². The van der Waals surface area contributed by atoms with Gasteiger partial charge in [0.25, 0.3) is 0 Å². The molecule has 2 aromatic rings. The van der Waals surface area contributed by atoms with Crippen molar-refractivity contribution in [2.75, 3.05) is 18.1 Å². The van der Waals surface area contributed by atoms with Gasteiger partial charge in [0.2, 0.25) is 5.91 Å². The van der Waals surface area contributed by atoms with Crippen molar-refractivity contribution in [2.45, 2.75) is 25.9 Å². The molecular formula is C19H22N2O2. The molecule has 4 heteroatoms. The van der Waals surface area contributed by atoms with Crippen LogP contribution in [0.15, 0.2) is 54.6 Å². The van der Waals surface area contributed by atoms with Crippen LogP contribution in [0.1, 0.15) is 18.9 Å². The third-order valence-corrected chi connectivity index (χ3v) is 4.04. The van der Waals surface area contributed by atoms with Crippen LogP contribution in [0.4, 0.5) is 5.69 Å². The molecule has 1 aliphatic heterocycles. The van der Waals surface area contributed by atoms with E-state index in [1.165, 1.54) is 5.56 Å². The van der Waals surface area contributed by atoms with Crippen LogP contribution < -0.4 is 15.0 Å². The minimum absolute atomic E-state index is 0.0386. The number of hydrogen-bond acceptors (Lipinski definition) is 3. The normalized spacial score (nSPS) is 16.4. The molecule has 0 fully saturated rings. The lowest BCUT2D eigenvalue weighted by molar-refractivity contribution is -0.121. The molecule has 0 bridgehead atoms. The first-order valence-electron chi connectivity index (χ1n) is 8.07. The van der Waals surface area contributed by atoms with Gasteiger partial charge >= 0.3 is 0 Å². The Labute approximate surface area is 137 Å². The Morgan fingerprint density at radius 1 is 1.17 bits per heavy atom. The first kappa shape index (κ1) is 15.4. The molecule has 0 aromatic heterocycles. The number of nitrogens with one attached hydrogen (secondary N) is 1. The topological polar surface area (TPSA) is 41.6 Å². The van der Waals surface area contributed by atoms with Gasteiger partial charge in [0, 0.05) is 13.1 Å². The van der Waals surface area contributed by atoms with Crippen molar-refractivity contribution >= 4 is 11.6 Å². The molecule has 0 aliphatic carbocycles. The van der Waals surface area contributed by atoms with Gasteiger partial charge in [-0.3, -0.25) is 4.79 Å². The molecule has 1 aliphatic rings. The number of hydrogen-bond donors (Lipinski definition) is 1. The van der Waals surface area contributed by atoms with Crippen molar-refractivity contribution in [3.05, 3.63) is 60.2 Å². The standard InChI is InChI=1S/C19H22N2O2/c1-2-20-19(22)12-16-14-23-18-11-7-6-10-17(18)21(16)13-15-8-4-3-5-9-15/h3-11,16H,2,12-14H2,1H3,(H,20,22)/t16-/m1/s1. The number of fused-ring (bicyclic) bond motifs is 1. The molecule has 1 N–H and O–H groups in total. The van der Waals surface area contributed by atoms with Gasteiger partial charge in [-0.1, -0.05) is 42.5 Å². The molecule has 1 amide bonds. The maximum atomic E-state index is 12.0. The van der Waals surface area contributed by atoms with Crippen LogP contribution in [0.5, 0.6) is 5.75 Å². The number of anilines is 1. The average Bonchev–Trinajstić information content (AvgIpc) is 2.58. The highest BCUT2D eigenvalue weighted by molar-refractivity contribution is 5.77. The monoisotopic (exact) mass is 310 g/mol. The summed E-state index contributed by atoms with van der Waals surface area (Å²) in [7, 11) is 0. The molecule has 0 spiro atoms. The van der Waals surface area contributed by atoms with E-state index < -0.39 is 0 Å². The minimum atomic E-state index is 0.0386. The highest BCUT2D eigenvalue weighted by Crippen LogP contribution is 2.35. The minimum Gasteiger partial charge on any atom is -0.489 e. The SMILES string of the molecule is CCNC(=O)C[C@@H]1COc2ccccc2N1Cc1ccccc1. The molecule has 1 atom stereocenters. The first-order chi connectivity index (χ1) is 11.3. The molecule has 2 aromatic carbocycles. The van der Waals surface area contributed by atoms with Gasteiger partial charge in [-0.25, -0.2) is 0 Å². The number of rotatable bonds is 5. The van der Waals surface area contributed by atoms with Crippen LogP contribution in [0.25, 0.3) is 0 Å². The maximum Gasteiger partial charge on any atom is 0.222 e. The summed E-state index contributed by atoms with van der Waals surface area (Å²) >= 11 is 0. The predicted octanol–water partition coefficient (Wildman–Crippen LogP) is 2.98. The summed E-state index contributed by atoms with van der Waals surface area (Å²) in [6.07, 6.45) is 0.439. The zero-order valence-corrected chi connectivity index (χ0v) is 13.4. The van der Waals surface area contributed by atoms with Crippen LogP contribution in [0.2, 0.25) is 0 Å². The maximum absolute atomic E-state index is 12.0. The molecule has 0 unspecified atom stereocenters. The number of amides is 1. The smallest absolute Gasteiger partial charge is 0.222 e. The van der Waals surface area contributed by atoms with E-state index >= 15 is 0 Å². The Balaban J connectivity index is 1.85. The Hall–Kier alpha value is -2.49. The predicted molar refractivity (Wildman–Crippen MR) is 91.7 cm³/mol. The summed E-state index contributed by atoms with van der Waals surface area (Å²) in [5, 5.41) is 2.88. The van der Waals surface area contributed by atoms with Crippen LogP contribution in [-0.4, -0.2) is 25.1 Å². The van der Waals surface area contributed by atoms with Crippen molar-refractivity contribution in [1.29, 1.82) is 0 Å². The third-order valence-electron chi connectivity index (χ3n) is 4.04. The second-order valence-electron chi connectivity index (χ2n) is 5.70. The Kier molecular flexibility index (Phi) is 4.81. The van der Waals surface area contributed by atoms with Crippen LogP contribution in [0, 0.1) is 0 Å². The lowest BCUT2D eigenvalue weighted by atomic mass is 10.1. The second-order valence-corrected chi connectivity index (χ2v) is 5.70. The number of nitrogens with zero attached hydrogens (tertiary/aromatic N) is 1. The lowest BCUT2D eigenvalue weighted by Crippen LogP contribution is -2.45. The van der Waals surface area contributed by atoms with Gasteiger partial charge in [0.05, 0.1) is 18.2 Å². The Bertz CT molecular complexity index is 657. The van der Waals surface area contributed by atoms with Crippen LogP contribution >= 0.6 is 0 Å². The van der Waals surface area contributed by atoms with E-state index in [1.54, 1.807) is 0 Å². The van der Waals surface area contributed by atoms with E-state index in [9.17, 15) is 4.79 Å². The average molecular weight is 310 g/mol. The van der Waals surface area contributed by atoms with Gasteiger partial charge in [-0.15, -0.1) is 0 Å². The van der Waals surface area contributed by atoms with E-state index in [2.05, 4.69) is 28.4 Å². The Morgan fingerprint density at radius 2 is 1.91 bits per heavy atom. The summed E-state index contributed by atoms with van der Waals surface area (Å²) in [6.45, 7) is 3.89. The number of ether oxygens (including phenoxy) is 1. The molecular weight excluding hydrogens is 288 g/mol. The highest BCUT2D eigenvalue weighted by atomic mass is 16.5. The highest BCUT2D eigenvalue weighted by Gasteiger charge is 2.29. The van der Waals surface area contributed by atoms with Crippen molar-refractivity contribution < 1.29 is 9.53 Å². The fraction of sp³-hybridized carbons (Fsp3) is 0.316. The van der Waals surface area contributed by atoms with Gasteiger partial charge in [-0.05, 0) is 24.6 Å². The number of benzene rings is 2. The lowest BCUT2D eigenvalue weighted by Gasteiger charge is -2.38.